The summed E-state index contributed by atoms with van der Waals surface area (Å²) in [5.41, 5.74) is 1.54. The molecule has 2 rings (SSSR count). The van der Waals surface area contributed by atoms with Gasteiger partial charge in [-0.1, -0.05) is 12.1 Å². The first kappa shape index (κ1) is 21.6. The van der Waals surface area contributed by atoms with Gasteiger partial charge >= 0.3 is 5.97 Å². The molecule has 150 valence electrons. The number of rotatable bonds is 7. The minimum Gasteiger partial charge on any atom is -0.465 e. The molecule has 0 fully saturated rings. The lowest BCUT2D eigenvalue weighted by Crippen LogP contribution is -2.33. The number of ether oxygens (including phenoxy) is 1. The van der Waals surface area contributed by atoms with E-state index in [0.717, 1.165) is 5.56 Å². The molecule has 28 heavy (non-hydrogen) atoms. The van der Waals surface area contributed by atoms with E-state index in [1.807, 2.05) is 0 Å². The lowest BCUT2D eigenvalue weighted by atomic mass is 10.1. The van der Waals surface area contributed by atoms with Crippen LogP contribution in [0, 0.1) is 0 Å². The quantitative estimate of drug-likeness (QED) is 0.716. The summed E-state index contributed by atoms with van der Waals surface area (Å²) in [6.07, 6.45) is 0. The number of amides is 1. The maximum atomic E-state index is 12.5. The summed E-state index contributed by atoms with van der Waals surface area (Å²) in [5, 5.41) is 2.76. The van der Waals surface area contributed by atoms with Crippen molar-refractivity contribution < 1.29 is 22.7 Å². The molecule has 1 N–H and O–H groups in total. The molecule has 0 radical (unpaired) electrons. The fourth-order valence-electron chi connectivity index (χ4n) is 2.38. The van der Waals surface area contributed by atoms with Crippen LogP contribution in [-0.2, 0) is 21.3 Å². The molecule has 8 heteroatoms. The Morgan fingerprint density at radius 1 is 1.00 bits per heavy atom. The van der Waals surface area contributed by atoms with Crippen molar-refractivity contribution in [1.29, 1.82) is 0 Å². The first-order chi connectivity index (χ1) is 13.2. The molecule has 0 aliphatic rings. The van der Waals surface area contributed by atoms with Crippen LogP contribution in [0.1, 0.15) is 40.1 Å². The van der Waals surface area contributed by atoms with E-state index in [2.05, 4.69) is 10.1 Å². The zero-order chi connectivity index (χ0) is 20.9. The number of nitrogens with zero attached hydrogens (tertiary/aromatic N) is 1. The summed E-state index contributed by atoms with van der Waals surface area (Å²) in [7, 11) is -0.701. The zero-order valence-electron chi connectivity index (χ0n) is 16.3. The van der Waals surface area contributed by atoms with E-state index < -0.39 is 16.0 Å². The Balaban J connectivity index is 2.01. The smallest absolute Gasteiger partial charge is 0.337 e. The van der Waals surface area contributed by atoms with Crippen LogP contribution in [0.2, 0.25) is 0 Å². The SMILES string of the molecule is COC(=O)c1ccc(C(=O)NCc2ccc(S(=O)(=O)N(C)C(C)C)cc2)cc1. The highest BCUT2D eigenvalue weighted by atomic mass is 32.2. The molecular weight excluding hydrogens is 380 g/mol. The molecule has 0 heterocycles. The molecule has 2 aromatic carbocycles. The predicted molar refractivity (Wildman–Crippen MR) is 105 cm³/mol. The van der Waals surface area contributed by atoms with Crippen molar-refractivity contribution in [3.05, 3.63) is 65.2 Å². The van der Waals surface area contributed by atoms with E-state index in [9.17, 15) is 18.0 Å². The van der Waals surface area contributed by atoms with Crippen molar-refractivity contribution in [2.75, 3.05) is 14.2 Å². The number of sulfonamides is 1. The van der Waals surface area contributed by atoms with Crippen molar-refractivity contribution in [3.8, 4) is 0 Å². The van der Waals surface area contributed by atoms with Crippen molar-refractivity contribution in [3.63, 3.8) is 0 Å². The van der Waals surface area contributed by atoms with Gasteiger partial charge in [-0.25, -0.2) is 13.2 Å². The topological polar surface area (TPSA) is 92.8 Å². The van der Waals surface area contributed by atoms with E-state index in [1.54, 1.807) is 45.2 Å². The Hall–Kier alpha value is -2.71. The zero-order valence-corrected chi connectivity index (χ0v) is 17.1. The Morgan fingerprint density at radius 3 is 2.04 bits per heavy atom. The van der Waals surface area contributed by atoms with Crippen molar-refractivity contribution in [1.82, 2.24) is 9.62 Å². The van der Waals surface area contributed by atoms with Crippen LogP contribution >= 0.6 is 0 Å². The largest absolute Gasteiger partial charge is 0.465 e. The second kappa shape index (κ2) is 8.99. The van der Waals surface area contributed by atoms with E-state index in [4.69, 9.17) is 0 Å². The summed E-state index contributed by atoms with van der Waals surface area (Å²) < 4.78 is 30.8. The van der Waals surface area contributed by atoms with Gasteiger partial charge in [-0.05, 0) is 55.8 Å². The standard InChI is InChI=1S/C20H24N2O5S/c1-14(2)22(3)28(25,26)18-11-5-15(6-12-18)13-21-19(23)16-7-9-17(10-8-16)20(24)27-4/h5-12,14H,13H2,1-4H3,(H,21,23). The van der Waals surface area contributed by atoms with E-state index in [1.165, 1.54) is 35.7 Å². The van der Waals surface area contributed by atoms with Crippen LogP contribution in [0.5, 0.6) is 0 Å². The molecule has 0 saturated carbocycles. The highest BCUT2D eigenvalue weighted by Gasteiger charge is 2.22. The highest BCUT2D eigenvalue weighted by Crippen LogP contribution is 2.17. The van der Waals surface area contributed by atoms with Gasteiger partial charge in [-0.2, -0.15) is 4.31 Å². The fraction of sp³-hybridized carbons (Fsp3) is 0.300. The van der Waals surface area contributed by atoms with Crippen molar-refractivity contribution >= 4 is 21.9 Å². The van der Waals surface area contributed by atoms with Gasteiger partial charge in [0.15, 0.2) is 0 Å². The molecule has 7 nitrogen and oxygen atoms in total. The summed E-state index contributed by atoms with van der Waals surface area (Å²) in [6.45, 7) is 3.86. The number of carbonyl (C=O) groups excluding carboxylic acids is 2. The maximum Gasteiger partial charge on any atom is 0.337 e. The molecule has 0 bridgehead atoms. The first-order valence-electron chi connectivity index (χ1n) is 8.70. The second-order valence-electron chi connectivity index (χ2n) is 6.51. The van der Waals surface area contributed by atoms with Gasteiger partial charge in [0, 0.05) is 25.2 Å². The van der Waals surface area contributed by atoms with Crippen LogP contribution in [-0.4, -0.2) is 44.8 Å². The van der Waals surface area contributed by atoms with Gasteiger partial charge in [-0.15, -0.1) is 0 Å². The Kier molecular flexibility index (Phi) is 6.93. The minimum absolute atomic E-state index is 0.144. The molecule has 0 aliphatic carbocycles. The highest BCUT2D eigenvalue weighted by molar-refractivity contribution is 7.89. The third-order valence-electron chi connectivity index (χ3n) is 4.35. The summed E-state index contributed by atoms with van der Waals surface area (Å²) >= 11 is 0. The normalized spacial score (nSPS) is 11.5. The van der Waals surface area contributed by atoms with Crippen LogP contribution in [0.15, 0.2) is 53.4 Å². The average Bonchev–Trinajstić information content (AvgIpc) is 2.71. The van der Waals surface area contributed by atoms with E-state index in [0.29, 0.717) is 11.1 Å². The molecular formula is C20H24N2O5S. The molecule has 0 aliphatic heterocycles. The Labute approximate surface area is 165 Å². The molecule has 1 amide bonds. The van der Waals surface area contributed by atoms with Crippen LogP contribution in [0.3, 0.4) is 0 Å². The number of hydrogen-bond donors (Lipinski definition) is 1. The molecule has 0 saturated heterocycles. The summed E-state index contributed by atoms with van der Waals surface area (Å²) in [4.78, 5) is 23.8. The van der Waals surface area contributed by atoms with Crippen LogP contribution < -0.4 is 5.32 Å². The Morgan fingerprint density at radius 2 is 1.54 bits per heavy atom. The van der Waals surface area contributed by atoms with Gasteiger partial charge in [0.25, 0.3) is 5.91 Å². The predicted octanol–water partition coefficient (Wildman–Crippen LogP) is 2.43. The monoisotopic (exact) mass is 404 g/mol. The lowest BCUT2D eigenvalue weighted by Gasteiger charge is -2.21. The number of nitrogens with one attached hydrogen (secondary N) is 1. The maximum absolute atomic E-state index is 12.5. The lowest BCUT2D eigenvalue weighted by molar-refractivity contribution is 0.0600. The fourth-order valence-corrected chi connectivity index (χ4v) is 3.75. The van der Waals surface area contributed by atoms with E-state index >= 15 is 0 Å². The third kappa shape index (κ3) is 4.96. The van der Waals surface area contributed by atoms with Gasteiger partial charge in [0.2, 0.25) is 10.0 Å². The van der Waals surface area contributed by atoms with Gasteiger partial charge < -0.3 is 10.1 Å². The third-order valence-corrected chi connectivity index (χ3v) is 6.40. The van der Waals surface area contributed by atoms with Crippen LogP contribution in [0.25, 0.3) is 0 Å². The average molecular weight is 404 g/mol. The number of methoxy groups -OCH3 is 1. The first-order valence-corrected chi connectivity index (χ1v) is 10.1. The van der Waals surface area contributed by atoms with Gasteiger partial charge in [0.05, 0.1) is 17.6 Å². The molecule has 2 aromatic rings. The minimum atomic E-state index is -3.53. The number of carbonyl (C=O) groups is 2. The molecule has 0 unspecified atom stereocenters. The molecule has 0 aromatic heterocycles. The summed E-state index contributed by atoms with van der Waals surface area (Å²) in [6, 6.07) is 12.4. The molecule has 0 spiro atoms. The Bertz CT molecular complexity index is 936. The van der Waals surface area contributed by atoms with Gasteiger partial charge in [-0.3, -0.25) is 4.79 Å². The van der Waals surface area contributed by atoms with Crippen LogP contribution in [0.4, 0.5) is 0 Å². The van der Waals surface area contributed by atoms with E-state index in [-0.39, 0.29) is 23.4 Å². The number of esters is 1. The number of hydrogen-bond acceptors (Lipinski definition) is 5. The second-order valence-corrected chi connectivity index (χ2v) is 8.51. The van der Waals surface area contributed by atoms with Crippen molar-refractivity contribution in [2.45, 2.75) is 31.3 Å². The summed E-state index contributed by atoms with van der Waals surface area (Å²) in [5.74, 6) is -0.766. The number of benzene rings is 2. The molecule has 0 atom stereocenters. The van der Waals surface area contributed by atoms with Crippen molar-refractivity contribution in [2.24, 2.45) is 0 Å². The van der Waals surface area contributed by atoms with Gasteiger partial charge in [0.1, 0.15) is 0 Å².